The normalized spacial score (nSPS) is 10.2. The summed E-state index contributed by atoms with van der Waals surface area (Å²) in [6.45, 7) is 20.8. The second kappa shape index (κ2) is 12.0. The Hall–Kier alpha value is -1.52. The van der Waals surface area contributed by atoms with E-state index in [2.05, 4.69) is 23.8 Å². The highest BCUT2D eigenvalue weighted by Gasteiger charge is 2.23. The van der Waals surface area contributed by atoms with E-state index < -0.39 is 5.60 Å². The molecule has 23 heavy (non-hydrogen) atoms. The molecule has 0 radical (unpaired) electrons. The van der Waals surface area contributed by atoms with Gasteiger partial charge in [-0.2, -0.15) is 0 Å². The third-order valence-electron chi connectivity index (χ3n) is 2.33. The highest BCUT2D eigenvalue weighted by Crippen LogP contribution is 2.13. The van der Waals surface area contributed by atoms with Crippen molar-refractivity contribution in [2.75, 3.05) is 6.54 Å². The van der Waals surface area contributed by atoms with Crippen molar-refractivity contribution in [2.24, 2.45) is 5.92 Å². The van der Waals surface area contributed by atoms with Gasteiger partial charge in [-0.1, -0.05) is 41.5 Å². The molecule has 0 fully saturated rings. The molecule has 1 heterocycles. The number of carbonyl (C=O) groups is 1. The lowest BCUT2D eigenvalue weighted by Gasteiger charge is -2.28. The Balaban J connectivity index is 0. The fourth-order valence-corrected chi connectivity index (χ4v) is 1.70. The van der Waals surface area contributed by atoms with E-state index in [1.807, 2.05) is 55.4 Å². The number of hydrogen-bond acceptors (Lipinski definition) is 3. The molecule has 5 heteroatoms. The van der Waals surface area contributed by atoms with E-state index in [1.165, 1.54) is 0 Å². The number of ether oxygens (including phenoxy) is 1. The van der Waals surface area contributed by atoms with E-state index in [4.69, 9.17) is 4.74 Å². The van der Waals surface area contributed by atoms with Gasteiger partial charge in [0.05, 0.1) is 6.54 Å². The minimum atomic E-state index is -0.481. The van der Waals surface area contributed by atoms with E-state index in [9.17, 15) is 4.79 Å². The van der Waals surface area contributed by atoms with Gasteiger partial charge in [0.25, 0.3) is 0 Å². The van der Waals surface area contributed by atoms with Crippen LogP contribution in [-0.4, -0.2) is 33.1 Å². The maximum Gasteiger partial charge on any atom is 0.410 e. The molecule has 5 nitrogen and oxygen atoms in total. The zero-order chi connectivity index (χ0) is 18.6. The first-order valence-electron chi connectivity index (χ1n) is 8.66. The van der Waals surface area contributed by atoms with Gasteiger partial charge < -0.3 is 14.6 Å². The molecule has 0 aliphatic carbocycles. The maximum absolute atomic E-state index is 12.2. The highest BCUT2D eigenvalue weighted by atomic mass is 16.6. The summed E-state index contributed by atoms with van der Waals surface area (Å²) in [5, 5.41) is 0. The van der Waals surface area contributed by atoms with Gasteiger partial charge in [-0.05, 0) is 33.6 Å². The first-order valence-corrected chi connectivity index (χ1v) is 8.66. The predicted molar refractivity (Wildman–Crippen MR) is 97.5 cm³/mol. The predicted octanol–water partition coefficient (Wildman–Crippen LogP) is 5.16. The topological polar surface area (TPSA) is 58.2 Å². The molecule has 1 aromatic heterocycles. The van der Waals surface area contributed by atoms with Crippen LogP contribution in [0.25, 0.3) is 0 Å². The lowest BCUT2D eigenvalue weighted by atomic mass is 10.2. The van der Waals surface area contributed by atoms with Crippen molar-refractivity contribution in [3.63, 3.8) is 0 Å². The lowest BCUT2D eigenvalue weighted by Crippen LogP contribution is -2.38. The molecule has 0 spiro atoms. The van der Waals surface area contributed by atoms with Crippen molar-refractivity contribution >= 4 is 6.09 Å². The monoisotopic (exact) mass is 327 g/mol. The second-order valence-corrected chi connectivity index (χ2v) is 6.27. The highest BCUT2D eigenvalue weighted by molar-refractivity contribution is 5.68. The van der Waals surface area contributed by atoms with Gasteiger partial charge in [0, 0.05) is 18.4 Å². The van der Waals surface area contributed by atoms with Crippen molar-refractivity contribution < 1.29 is 9.53 Å². The van der Waals surface area contributed by atoms with Crippen LogP contribution in [0.2, 0.25) is 0 Å². The summed E-state index contributed by atoms with van der Waals surface area (Å²) in [7, 11) is 0. The quantitative estimate of drug-likeness (QED) is 0.830. The Kier molecular flexibility index (Phi) is 12.4. The van der Waals surface area contributed by atoms with Crippen LogP contribution in [0, 0.1) is 12.8 Å². The average molecular weight is 328 g/mol. The number of carbonyl (C=O) groups excluding carboxylic acids is 1. The molecular formula is C18H37N3O2. The molecule has 0 aromatic carbocycles. The average Bonchev–Trinajstić information content (AvgIpc) is 2.85. The van der Waals surface area contributed by atoms with Crippen LogP contribution in [0.3, 0.4) is 0 Å². The maximum atomic E-state index is 12.2. The fraction of sp³-hybridized carbons (Fsp3) is 0.778. The zero-order valence-electron chi connectivity index (χ0n) is 16.8. The fourth-order valence-electron chi connectivity index (χ4n) is 1.70. The number of imidazole rings is 1. The Morgan fingerprint density at radius 3 is 2.13 bits per heavy atom. The molecule has 1 aromatic rings. The van der Waals surface area contributed by atoms with Crippen LogP contribution in [-0.2, 0) is 11.3 Å². The van der Waals surface area contributed by atoms with E-state index in [-0.39, 0.29) is 6.09 Å². The summed E-state index contributed by atoms with van der Waals surface area (Å²) in [6, 6.07) is 0. The smallest absolute Gasteiger partial charge is 0.410 e. The van der Waals surface area contributed by atoms with Crippen LogP contribution in [0.4, 0.5) is 4.79 Å². The van der Waals surface area contributed by atoms with Crippen LogP contribution < -0.4 is 0 Å². The van der Waals surface area contributed by atoms with Gasteiger partial charge >= 0.3 is 6.09 Å². The Morgan fingerprint density at radius 1 is 1.26 bits per heavy atom. The third kappa shape index (κ3) is 11.7. The Labute approximate surface area is 142 Å². The van der Waals surface area contributed by atoms with Crippen molar-refractivity contribution in [3.05, 3.63) is 17.7 Å². The molecule has 0 bridgehead atoms. The number of aromatic amines is 1. The zero-order valence-corrected chi connectivity index (χ0v) is 16.8. The minimum absolute atomic E-state index is 0.296. The number of rotatable bonds is 4. The van der Waals surface area contributed by atoms with E-state index in [0.29, 0.717) is 19.0 Å². The molecule has 1 N–H and O–H groups in total. The van der Waals surface area contributed by atoms with E-state index in [0.717, 1.165) is 11.5 Å². The Morgan fingerprint density at radius 2 is 1.78 bits per heavy atom. The van der Waals surface area contributed by atoms with Crippen molar-refractivity contribution in [1.82, 2.24) is 14.9 Å². The van der Waals surface area contributed by atoms with E-state index in [1.54, 1.807) is 11.1 Å². The van der Waals surface area contributed by atoms with Gasteiger partial charge in [-0.25, -0.2) is 9.78 Å². The largest absolute Gasteiger partial charge is 0.444 e. The number of aromatic nitrogens is 2. The summed E-state index contributed by atoms with van der Waals surface area (Å²) in [6.07, 6.45) is 1.47. The Bertz CT molecular complexity index is 420. The molecule has 0 saturated carbocycles. The second-order valence-electron chi connectivity index (χ2n) is 6.27. The summed E-state index contributed by atoms with van der Waals surface area (Å²) >= 11 is 0. The molecule has 1 rings (SSSR count). The van der Waals surface area contributed by atoms with Crippen LogP contribution in [0.5, 0.6) is 0 Å². The summed E-state index contributed by atoms with van der Waals surface area (Å²) in [5.74, 6) is 1.16. The number of hydrogen-bond donors (Lipinski definition) is 1. The molecule has 0 aliphatic rings. The number of aryl methyl sites for hydroxylation is 1. The summed E-state index contributed by atoms with van der Waals surface area (Å²) < 4.78 is 5.43. The third-order valence-corrected chi connectivity index (χ3v) is 2.33. The molecular weight excluding hydrogens is 290 g/mol. The minimum Gasteiger partial charge on any atom is -0.444 e. The van der Waals surface area contributed by atoms with Crippen LogP contribution in [0.1, 0.15) is 73.8 Å². The molecule has 136 valence electrons. The van der Waals surface area contributed by atoms with Gasteiger partial charge in [0.2, 0.25) is 0 Å². The van der Waals surface area contributed by atoms with Crippen LogP contribution in [0.15, 0.2) is 6.20 Å². The number of H-pyrrole nitrogens is 1. The number of nitrogens with one attached hydrogen (secondary N) is 1. The lowest BCUT2D eigenvalue weighted by molar-refractivity contribution is 0.0206. The van der Waals surface area contributed by atoms with Crippen LogP contribution >= 0.6 is 0 Å². The molecule has 0 atom stereocenters. The molecule has 0 saturated heterocycles. The van der Waals surface area contributed by atoms with Gasteiger partial charge in [-0.15, -0.1) is 0 Å². The van der Waals surface area contributed by atoms with Gasteiger partial charge in [0.15, 0.2) is 0 Å². The number of nitrogens with zero attached hydrogens (tertiary/aromatic N) is 2. The molecule has 0 unspecified atom stereocenters. The van der Waals surface area contributed by atoms with Crippen molar-refractivity contribution in [2.45, 2.75) is 81.4 Å². The first-order chi connectivity index (χ1) is 10.7. The number of amides is 1. The van der Waals surface area contributed by atoms with Gasteiger partial charge in [-0.3, -0.25) is 0 Å². The van der Waals surface area contributed by atoms with Crippen molar-refractivity contribution in [1.29, 1.82) is 0 Å². The molecule has 1 amide bonds. The van der Waals surface area contributed by atoms with Gasteiger partial charge in [0.1, 0.15) is 11.4 Å². The first kappa shape index (κ1) is 23.7. The van der Waals surface area contributed by atoms with Crippen molar-refractivity contribution in [3.8, 4) is 0 Å². The molecule has 0 aliphatic heterocycles. The summed E-state index contributed by atoms with van der Waals surface area (Å²) in [4.78, 5) is 21.2. The van der Waals surface area contributed by atoms with E-state index >= 15 is 0 Å². The summed E-state index contributed by atoms with van der Waals surface area (Å²) in [5.41, 5.74) is 0.509. The standard InChI is InChI=1S/C14H25N3O2.2C2H6/c1-10(2)8-17(13(18)19-14(4,5)6)9-12-15-7-11(3)16-12;2*1-2/h7,10H,8-9H2,1-6H3,(H,15,16);2*1-2H3. The SMILES string of the molecule is CC.CC.Cc1cnc(CN(CC(C)C)C(=O)OC(C)(C)C)[nH]1.